The summed E-state index contributed by atoms with van der Waals surface area (Å²) in [7, 11) is 3.21. The van der Waals surface area contributed by atoms with E-state index in [1.165, 1.54) is 30.5 Å². The van der Waals surface area contributed by atoms with E-state index in [1.807, 2.05) is 18.2 Å². The van der Waals surface area contributed by atoms with Crippen LogP contribution in [0.15, 0.2) is 42.5 Å². The average molecular weight is 456 g/mol. The number of benzene rings is 2. The normalized spacial score (nSPS) is 11.8. The van der Waals surface area contributed by atoms with Crippen LogP contribution in [0.25, 0.3) is 0 Å². The van der Waals surface area contributed by atoms with Crippen LogP contribution in [0, 0.1) is 0 Å². The van der Waals surface area contributed by atoms with Crippen molar-refractivity contribution < 1.29 is 19.4 Å². The zero-order valence-electron chi connectivity index (χ0n) is 20.6. The van der Waals surface area contributed by atoms with Gasteiger partial charge >= 0.3 is 0 Å². The van der Waals surface area contributed by atoms with Crippen molar-refractivity contribution in [3.63, 3.8) is 0 Å². The second-order valence-electron chi connectivity index (χ2n) is 8.62. The summed E-state index contributed by atoms with van der Waals surface area (Å²) in [5, 5.41) is 13.6. The predicted octanol–water partition coefficient (Wildman–Crippen LogP) is 5.97. The van der Waals surface area contributed by atoms with E-state index in [0.29, 0.717) is 30.8 Å². The number of rotatable bonds is 17. The SMILES string of the molecule is CCNc1cccc(CCCCCCCC(O)CC(=O)CCc2ccc(OC)c(OC)c2)c1. The van der Waals surface area contributed by atoms with Crippen LogP contribution < -0.4 is 14.8 Å². The fraction of sp³-hybridized carbons (Fsp3) is 0.536. The number of anilines is 1. The molecule has 0 bridgehead atoms. The number of aliphatic hydroxyl groups excluding tert-OH is 1. The predicted molar refractivity (Wildman–Crippen MR) is 136 cm³/mol. The monoisotopic (exact) mass is 455 g/mol. The largest absolute Gasteiger partial charge is 0.493 e. The minimum atomic E-state index is -0.531. The number of methoxy groups -OCH3 is 2. The number of nitrogens with one attached hydrogen (secondary N) is 1. The number of ketones is 1. The Hall–Kier alpha value is -2.53. The molecule has 0 saturated heterocycles. The topological polar surface area (TPSA) is 67.8 Å². The molecule has 0 saturated carbocycles. The van der Waals surface area contributed by atoms with Gasteiger partial charge in [-0.2, -0.15) is 0 Å². The van der Waals surface area contributed by atoms with Crippen LogP contribution >= 0.6 is 0 Å². The number of Topliss-reactive ketones (excluding diaryl/α,β-unsaturated/α-hetero) is 1. The van der Waals surface area contributed by atoms with Crippen molar-refractivity contribution >= 4 is 11.5 Å². The van der Waals surface area contributed by atoms with Crippen molar-refractivity contribution in [3.8, 4) is 11.5 Å². The van der Waals surface area contributed by atoms with E-state index >= 15 is 0 Å². The van der Waals surface area contributed by atoms with Crippen molar-refractivity contribution in [1.29, 1.82) is 0 Å². The molecule has 0 spiro atoms. The first-order valence-electron chi connectivity index (χ1n) is 12.3. The Balaban J connectivity index is 1.54. The van der Waals surface area contributed by atoms with Crippen LogP contribution in [0.1, 0.15) is 69.4 Å². The molecule has 0 aliphatic heterocycles. The van der Waals surface area contributed by atoms with E-state index in [4.69, 9.17) is 9.47 Å². The van der Waals surface area contributed by atoms with Gasteiger partial charge in [0.15, 0.2) is 11.5 Å². The van der Waals surface area contributed by atoms with Crippen LogP contribution in [-0.4, -0.2) is 37.8 Å². The van der Waals surface area contributed by atoms with Crippen LogP contribution in [0.5, 0.6) is 11.5 Å². The van der Waals surface area contributed by atoms with E-state index in [9.17, 15) is 9.90 Å². The summed E-state index contributed by atoms with van der Waals surface area (Å²) >= 11 is 0. The van der Waals surface area contributed by atoms with Gasteiger partial charge in [0.25, 0.3) is 0 Å². The minimum absolute atomic E-state index is 0.108. The van der Waals surface area contributed by atoms with Crippen molar-refractivity contribution in [2.24, 2.45) is 0 Å². The molecule has 5 nitrogen and oxygen atoms in total. The highest BCUT2D eigenvalue weighted by molar-refractivity contribution is 5.79. The molecule has 0 aliphatic carbocycles. The lowest BCUT2D eigenvalue weighted by Crippen LogP contribution is -2.14. The number of ether oxygens (including phenoxy) is 2. The molecule has 2 rings (SSSR count). The van der Waals surface area contributed by atoms with Gasteiger partial charge in [-0.25, -0.2) is 0 Å². The lowest BCUT2D eigenvalue weighted by molar-refractivity contribution is -0.121. The van der Waals surface area contributed by atoms with Crippen LogP contribution in [-0.2, 0) is 17.6 Å². The summed E-state index contributed by atoms with van der Waals surface area (Å²) in [6.45, 7) is 3.05. The van der Waals surface area contributed by atoms with Gasteiger partial charge in [-0.1, -0.05) is 43.9 Å². The molecule has 0 aliphatic rings. The van der Waals surface area contributed by atoms with Gasteiger partial charge in [-0.3, -0.25) is 4.79 Å². The van der Waals surface area contributed by atoms with Crippen LogP contribution in [0.4, 0.5) is 5.69 Å². The number of carbonyl (C=O) groups is 1. The Morgan fingerprint density at radius 1 is 0.909 bits per heavy atom. The Morgan fingerprint density at radius 3 is 2.39 bits per heavy atom. The molecule has 1 unspecified atom stereocenters. The van der Waals surface area contributed by atoms with Gasteiger partial charge < -0.3 is 19.9 Å². The van der Waals surface area contributed by atoms with Gasteiger partial charge in [0.2, 0.25) is 0 Å². The molecule has 2 aromatic carbocycles. The fourth-order valence-corrected chi connectivity index (χ4v) is 4.07. The molecule has 0 aromatic heterocycles. The molecule has 182 valence electrons. The first-order chi connectivity index (χ1) is 16.0. The standard InChI is InChI=1S/C28H41NO4/c1-4-29-24-13-10-12-22(19-24)11-8-6-5-7-9-14-25(30)21-26(31)17-15-23-16-18-27(32-2)28(20-23)33-3/h10,12-13,16,18-20,25,29-30H,4-9,11,14-15,17,21H2,1-3H3. The minimum Gasteiger partial charge on any atom is -0.493 e. The van der Waals surface area contributed by atoms with Gasteiger partial charge in [-0.05, 0) is 68.0 Å². The Kier molecular flexibility index (Phi) is 12.4. The zero-order valence-corrected chi connectivity index (χ0v) is 20.6. The maximum atomic E-state index is 12.3. The first kappa shape index (κ1) is 26.7. The third-order valence-electron chi connectivity index (χ3n) is 5.91. The number of aryl methyl sites for hydroxylation is 2. The molecule has 0 fully saturated rings. The van der Waals surface area contributed by atoms with E-state index in [2.05, 4.69) is 36.5 Å². The van der Waals surface area contributed by atoms with E-state index in [-0.39, 0.29) is 12.2 Å². The molecule has 33 heavy (non-hydrogen) atoms. The van der Waals surface area contributed by atoms with Gasteiger partial charge in [-0.15, -0.1) is 0 Å². The Bertz CT molecular complexity index is 836. The summed E-state index contributed by atoms with van der Waals surface area (Å²) in [5.41, 5.74) is 3.61. The third kappa shape index (κ3) is 10.3. The quantitative estimate of drug-likeness (QED) is 0.288. The average Bonchev–Trinajstić information content (AvgIpc) is 2.82. The second-order valence-corrected chi connectivity index (χ2v) is 8.62. The third-order valence-corrected chi connectivity index (χ3v) is 5.91. The molecule has 2 N–H and O–H groups in total. The number of aliphatic hydroxyl groups is 1. The maximum Gasteiger partial charge on any atom is 0.160 e. The first-order valence-corrected chi connectivity index (χ1v) is 12.3. The van der Waals surface area contributed by atoms with Crippen molar-refractivity contribution in [2.75, 3.05) is 26.1 Å². The lowest BCUT2D eigenvalue weighted by atomic mass is 10.00. The van der Waals surface area contributed by atoms with Gasteiger partial charge in [0, 0.05) is 25.1 Å². The highest BCUT2D eigenvalue weighted by Gasteiger charge is 2.12. The highest BCUT2D eigenvalue weighted by Crippen LogP contribution is 2.28. The lowest BCUT2D eigenvalue weighted by Gasteiger charge is -2.11. The molecule has 0 amide bonds. The van der Waals surface area contributed by atoms with Crippen LogP contribution in [0.2, 0.25) is 0 Å². The number of hydrogen-bond donors (Lipinski definition) is 2. The molecule has 1 atom stereocenters. The summed E-state index contributed by atoms with van der Waals surface area (Å²) < 4.78 is 10.6. The Morgan fingerprint density at radius 2 is 1.64 bits per heavy atom. The molecule has 0 radical (unpaired) electrons. The van der Waals surface area contributed by atoms with Crippen molar-refractivity contribution in [2.45, 2.75) is 77.2 Å². The van der Waals surface area contributed by atoms with Gasteiger partial charge in [0.1, 0.15) is 5.78 Å². The summed E-state index contributed by atoms with van der Waals surface area (Å²) in [4.78, 5) is 12.3. The second kappa shape index (κ2) is 15.3. The molecule has 0 heterocycles. The number of hydrogen-bond acceptors (Lipinski definition) is 5. The molecular weight excluding hydrogens is 414 g/mol. The number of carbonyl (C=O) groups excluding carboxylic acids is 1. The van der Waals surface area contributed by atoms with Crippen LogP contribution in [0.3, 0.4) is 0 Å². The maximum absolute atomic E-state index is 12.3. The molecule has 2 aromatic rings. The van der Waals surface area contributed by atoms with E-state index in [1.54, 1.807) is 14.2 Å². The summed E-state index contributed by atoms with van der Waals surface area (Å²) in [6, 6.07) is 14.4. The number of unbranched alkanes of at least 4 members (excludes halogenated alkanes) is 4. The zero-order chi connectivity index (χ0) is 23.9. The molecular formula is C28H41NO4. The van der Waals surface area contributed by atoms with Crippen molar-refractivity contribution in [3.05, 3.63) is 53.6 Å². The van der Waals surface area contributed by atoms with E-state index < -0.39 is 6.10 Å². The Labute approximate surface area is 199 Å². The smallest absolute Gasteiger partial charge is 0.160 e. The highest BCUT2D eigenvalue weighted by atomic mass is 16.5. The summed E-state index contributed by atoms with van der Waals surface area (Å²) in [5.74, 6) is 1.46. The fourth-order valence-electron chi connectivity index (χ4n) is 4.07. The summed E-state index contributed by atoms with van der Waals surface area (Å²) in [6.07, 6.45) is 8.24. The van der Waals surface area contributed by atoms with Crippen molar-refractivity contribution in [1.82, 2.24) is 0 Å². The molecule has 5 heteroatoms. The van der Waals surface area contributed by atoms with Gasteiger partial charge in [0.05, 0.1) is 20.3 Å². The van der Waals surface area contributed by atoms with E-state index in [0.717, 1.165) is 31.4 Å².